The first-order chi connectivity index (χ1) is 14.6. The van der Waals surface area contributed by atoms with E-state index in [0.29, 0.717) is 0 Å². The first kappa shape index (κ1) is 23.2. The van der Waals surface area contributed by atoms with Crippen molar-refractivity contribution >= 4 is 49.1 Å². The van der Waals surface area contributed by atoms with Gasteiger partial charge in [0.05, 0.1) is 17.3 Å². The second-order valence-electron chi connectivity index (χ2n) is 6.59. The maximum absolute atomic E-state index is 14.0. The minimum Gasteiger partial charge on any atom is -0.345 e. The Balaban J connectivity index is 1.92. The van der Waals surface area contributed by atoms with Crippen LogP contribution in [0.15, 0.2) is 70.0 Å². The summed E-state index contributed by atoms with van der Waals surface area (Å²) in [5, 5.41) is 2.89. The van der Waals surface area contributed by atoms with Crippen LogP contribution in [0.2, 0.25) is 5.02 Å². The molecule has 3 rings (SSSR count). The van der Waals surface area contributed by atoms with E-state index in [1.807, 2.05) is 24.3 Å². The van der Waals surface area contributed by atoms with E-state index in [9.17, 15) is 22.0 Å². The van der Waals surface area contributed by atoms with Crippen molar-refractivity contribution in [2.45, 2.75) is 17.9 Å². The highest BCUT2D eigenvalue weighted by Crippen LogP contribution is 2.27. The van der Waals surface area contributed by atoms with Gasteiger partial charge in [0.2, 0.25) is 0 Å². The summed E-state index contributed by atoms with van der Waals surface area (Å²) in [7, 11) is -4.68. The number of rotatable bonds is 6. The summed E-state index contributed by atoms with van der Waals surface area (Å²) >= 11 is 9.29. The second kappa shape index (κ2) is 9.33. The van der Waals surface area contributed by atoms with Gasteiger partial charge in [0.1, 0.15) is 11.6 Å². The Hall–Kier alpha value is -2.49. The van der Waals surface area contributed by atoms with Crippen molar-refractivity contribution in [3.8, 4) is 0 Å². The molecule has 1 atom stereocenters. The van der Waals surface area contributed by atoms with Crippen molar-refractivity contribution in [1.82, 2.24) is 5.32 Å². The maximum atomic E-state index is 14.0. The van der Waals surface area contributed by atoms with Gasteiger partial charge >= 0.3 is 0 Å². The molecule has 2 N–H and O–H groups in total. The summed E-state index contributed by atoms with van der Waals surface area (Å²) in [5.74, 6) is -3.12. The van der Waals surface area contributed by atoms with Crippen molar-refractivity contribution in [1.29, 1.82) is 0 Å². The number of hydrogen-bond donors (Lipinski definition) is 2. The SMILES string of the molecule is C[C@H](NC(=O)c1ccc(Cl)cc1NS(=O)(=O)c1c(F)cccc1F)c1ccc(Br)cc1. The molecular weight excluding hydrogens is 514 g/mol. The fraction of sp³-hybridized carbons (Fsp3) is 0.0952. The molecule has 0 aromatic heterocycles. The van der Waals surface area contributed by atoms with E-state index in [0.717, 1.165) is 28.2 Å². The monoisotopic (exact) mass is 528 g/mol. The van der Waals surface area contributed by atoms with Gasteiger partial charge in [0, 0.05) is 9.50 Å². The average molecular weight is 530 g/mol. The van der Waals surface area contributed by atoms with Crippen LogP contribution < -0.4 is 10.0 Å². The van der Waals surface area contributed by atoms with Gasteiger partial charge in [-0.3, -0.25) is 9.52 Å². The zero-order valence-electron chi connectivity index (χ0n) is 16.0. The number of halogens is 4. The first-order valence-electron chi connectivity index (χ1n) is 8.91. The number of anilines is 1. The molecule has 0 spiro atoms. The number of sulfonamides is 1. The van der Waals surface area contributed by atoms with E-state index in [1.54, 1.807) is 6.92 Å². The molecular formula is C21H16BrClF2N2O3S. The third-order valence-electron chi connectivity index (χ3n) is 4.38. The minimum absolute atomic E-state index is 0.0614. The number of amides is 1. The van der Waals surface area contributed by atoms with Crippen LogP contribution in [0.4, 0.5) is 14.5 Å². The van der Waals surface area contributed by atoms with Crippen molar-refractivity contribution in [2.24, 2.45) is 0 Å². The molecule has 0 saturated carbocycles. The van der Waals surface area contributed by atoms with Gasteiger partial charge in [-0.25, -0.2) is 17.2 Å². The molecule has 162 valence electrons. The van der Waals surface area contributed by atoms with E-state index in [1.165, 1.54) is 18.2 Å². The number of nitrogens with one attached hydrogen (secondary N) is 2. The summed E-state index contributed by atoms with van der Waals surface area (Å²) in [6.45, 7) is 1.76. The van der Waals surface area contributed by atoms with Crippen LogP contribution in [0.25, 0.3) is 0 Å². The topological polar surface area (TPSA) is 75.3 Å². The highest BCUT2D eigenvalue weighted by atomic mass is 79.9. The third-order valence-corrected chi connectivity index (χ3v) is 6.56. The minimum atomic E-state index is -4.68. The van der Waals surface area contributed by atoms with Crippen molar-refractivity contribution in [2.75, 3.05) is 4.72 Å². The van der Waals surface area contributed by atoms with E-state index in [4.69, 9.17) is 11.6 Å². The zero-order valence-corrected chi connectivity index (χ0v) is 19.2. The molecule has 5 nitrogen and oxygen atoms in total. The third kappa shape index (κ3) is 5.41. The van der Waals surface area contributed by atoms with Crippen LogP contribution in [0, 0.1) is 11.6 Å². The molecule has 31 heavy (non-hydrogen) atoms. The van der Waals surface area contributed by atoms with Crippen molar-refractivity contribution < 1.29 is 22.0 Å². The fourth-order valence-electron chi connectivity index (χ4n) is 2.84. The molecule has 0 aliphatic carbocycles. The van der Waals surface area contributed by atoms with Crippen LogP contribution >= 0.6 is 27.5 Å². The second-order valence-corrected chi connectivity index (χ2v) is 9.56. The Morgan fingerprint density at radius 2 is 1.65 bits per heavy atom. The standard InChI is InChI=1S/C21H16BrClF2N2O3S/c1-12(13-5-7-14(22)8-6-13)26-21(28)16-10-9-15(23)11-19(16)27-31(29,30)20-17(24)3-2-4-18(20)25/h2-12,27H,1H3,(H,26,28)/t12-/m0/s1. The lowest BCUT2D eigenvalue weighted by molar-refractivity contribution is 0.0941. The van der Waals surface area contributed by atoms with Crippen LogP contribution in [-0.2, 0) is 10.0 Å². The molecule has 0 fully saturated rings. The Kier molecular flexibility index (Phi) is 6.98. The normalized spacial score (nSPS) is 12.3. The highest BCUT2D eigenvalue weighted by molar-refractivity contribution is 9.10. The molecule has 10 heteroatoms. The predicted octanol–water partition coefficient (Wildman–Crippen LogP) is 5.67. The van der Waals surface area contributed by atoms with Gasteiger partial charge in [-0.15, -0.1) is 0 Å². The number of hydrogen-bond acceptors (Lipinski definition) is 3. The lowest BCUT2D eigenvalue weighted by atomic mass is 10.1. The number of benzene rings is 3. The molecule has 0 aliphatic heterocycles. The number of carbonyl (C=O) groups is 1. The Labute approximate surface area is 191 Å². The summed E-state index contributed by atoms with van der Waals surface area (Å²) in [5.41, 5.74) is 0.547. The molecule has 0 heterocycles. The molecule has 3 aromatic rings. The van der Waals surface area contributed by atoms with Crippen molar-refractivity contribution in [3.63, 3.8) is 0 Å². The van der Waals surface area contributed by atoms with Gasteiger partial charge in [-0.1, -0.05) is 45.7 Å². The van der Waals surface area contributed by atoms with Gasteiger partial charge in [0.25, 0.3) is 15.9 Å². The molecule has 1 amide bonds. The summed E-state index contributed by atoms with van der Waals surface area (Å²) in [6.07, 6.45) is 0. The van der Waals surface area contributed by atoms with Gasteiger partial charge in [-0.05, 0) is 55.0 Å². The predicted molar refractivity (Wildman–Crippen MR) is 119 cm³/mol. The van der Waals surface area contributed by atoms with Crippen LogP contribution in [0.1, 0.15) is 28.9 Å². The van der Waals surface area contributed by atoms with Crippen molar-refractivity contribution in [3.05, 3.63) is 92.9 Å². The molecule has 0 radical (unpaired) electrons. The van der Waals surface area contributed by atoms with Crippen LogP contribution in [-0.4, -0.2) is 14.3 Å². The molecule has 0 saturated heterocycles. The highest BCUT2D eigenvalue weighted by Gasteiger charge is 2.26. The van der Waals surface area contributed by atoms with E-state index in [2.05, 4.69) is 26.0 Å². The van der Waals surface area contributed by atoms with Gasteiger partial charge < -0.3 is 5.32 Å². The van der Waals surface area contributed by atoms with Crippen LogP contribution in [0.5, 0.6) is 0 Å². The Morgan fingerprint density at radius 1 is 1.03 bits per heavy atom. The fourth-order valence-corrected chi connectivity index (χ4v) is 4.49. The van der Waals surface area contributed by atoms with Gasteiger partial charge in [0.15, 0.2) is 4.90 Å². The smallest absolute Gasteiger partial charge is 0.267 e. The summed E-state index contributed by atoms with van der Waals surface area (Å²) in [4.78, 5) is 11.7. The molecule has 0 bridgehead atoms. The quantitative estimate of drug-likeness (QED) is 0.432. The molecule has 3 aromatic carbocycles. The first-order valence-corrected chi connectivity index (χ1v) is 11.6. The summed E-state index contributed by atoms with van der Waals surface area (Å²) < 4.78 is 56.2. The zero-order chi connectivity index (χ0) is 22.8. The largest absolute Gasteiger partial charge is 0.345 e. The van der Waals surface area contributed by atoms with E-state index in [-0.39, 0.29) is 16.3 Å². The van der Waals surface area contributed by atoms with E-state index < -0.39 is 38.5 Å². The maximum Gasteiger partial charge on any atom is 0.267 e. The average Bonchev–Trinajstić information content (AvgIpc) is 2.67. The summed E-state index contributed by atoms with van der Waals surface area (Å²) in [6, 6.07) is 13.5. The Bertz CT molecular complexity index is 1220. The Morgan fingerprint density at radius 3 is 2.26 bits per heavy atom. The lowest BCUT2D eigenvalue weighted by Crippen LogP contribution is -2.28. The van der Waals surface area contributed by atoms with E-state index >= 15 is 0 Å². The van der Waals surface area contributed by atoms with Crippen LogP contribution in [0.3, 0.4) is 0 Å². The van der Waals surface area contributed by atoms with Gasteiger partial charge in [-0.2, -0.15) is 0 Å². The number of carbonyl (C=O) groups excluding carboxylic acids is 1. The molecule has 0 aliphatic rings. The molecule has 0 unspecified atom stereocenters. The lowest BCUT2D eigenvalue weighted by Gasteiger charge is -2.17.